The van der Waals surface area contributed by atoms with Crippen molar-refractivity contribution in [2.45, 2.75) is 25.7 Å². The zero-order valence-electron chi connectivity index (χ0n) is 21.5. The van der Waals surface area contributed by atoms with Gasteiger partial charge in [0.2, 0.25) is 5.89 Å². The predicted molar refractivity (Wildman–Crippen MR) is 139 cm³/mol. The van der Waals surface area contributed by atoms with Gasteiger partial charge in [0.15, 0.2) is 17.4 Å². The summed E-state index contributed by atoms with van der Waals surface area (Å²) in [6.07, 6.45) is 2.97. The molecule has 40 heavy (non-hydrogen) atoms. The molecule has 1 aliphatic heterocycles. The number of aromatic amines is 1. The smallest absolute Gasteiger partial charge is 0.310 e. The third-order valence-corrected chi connectivity index (χ3v) is 7.00. The molecule has 1 N–H and O–H groups in total. The van der Waals surface area contributed by atoms with Crippen LogP contribution in [-0.2, 0) is 21.4 Å². The van der Waals surface area contributed by atoms with E-state index in [2.05, 4.69) is 9.97 Å². The topological polar surface area (TPSA) is 86.6 Å². The van der Waals surface area contributed by atoms with Crippen molar-refractivity contribution < 1.29 is 36.6 Å². The number of ether oxygens (including phenoxy) is 3. The highest BCUT2D eigenvalue weighted by atomic mass is 19.1. The van der Waals surface area contributed by atoms with Gasteiger partial charge in [0.1, 0.15) is 30.2 Å². The van der Waals surface area contributed by atoms with Gasteiger partial charge in [-0.15, -0.1) is 0 Å². The molecule has 0 unspecified atom stereocenters. The molecule has 0 amide bonds. The van der Waals surface area contributed by atoms with Crippen LogP contribution in [0.4, 0.5) is 13.2 Å². The molecule has 1 aliphatic rings. The molecule has 1 atom stereocenters. The molecule has 0 aliphatic carbocycles. The van der Waals surface area contributed by atoms with E-state index in [-0.39, 0.29) is 53.7 Å². The summed E-state index contributed by atoms with van der Waals surface area (Å²) in [4.78, 5) is 19.4. The Morgan fingerprint density at radius 3 is 2.80 bits per heavy atom. The van der Waals surface area contributed by atoms with Crippen LogP contribution in [0.5, 0.6) is 17.2 Å². The lowest BCUT2D eigenvalue weighted by atomic mass is 9.81. The molecule has 0 bridgehead atoms. The first-order chi connectivity index (χ1) is 19.3. The summed E-state index contributed by atoms with van der Waals surface area (Å²) in [6, 6.07) is 11.7. The van der Waals surface area contributed by atoms with Gasteiger partial charge in [-0.05, 0) is 38.1 Å². The van der Waals surface area contributed by atoms with E-state index in [4.69, 9.17) is 18.6 Å². The van der Waals surface area contributed by atoms with E-state index in [1.807, 2.05) is 19.1 Å². The van der Waals surface area contributed by atoms with Crippen LogP contribution >= 0.6 is 0 Å². The Bertz CT molecular complexity index is 1760. The second-order valence-electron chi connectivity index (χ2n) is 9.62. The molecule has 0 fully saturated rings. The normalized spacial score (nSPS) is 16.1. The lowest BCUT2D eigenvalue weighted by molar-refractivity contribution is -0.142. The van der Waals surface area contributed by atoms with Gasteiger partial charge in [-0.25, -0.2) is 18.2 Å². The summed E-state index contributed by atoms with van der Waals surface area (Å²) in [5.74, 6) is -2.89. The van der Waals surface area contributed by atoms with Crippen LogP contribution < -0.4 is 9.47 Å². The molecule has 0 saturated heterocycles. The minimum Gasteiger partial charge on any atom is -0.492 e. The Morgan fingerprint density at radius 2 is 1.98 bits per heavy atom. The van der Waals surface area contributed by atoms with Gasteiger partial charge in [0.05, 0.1) is 35.2 Å². The van der Waals surface area contributed by atoms with Crippen LogP contribution in [0.3, 0.4) is 0 Å². The molecule has 0 radical (unpaired) electrons. The molecule has 7 nitrogen and oxygen atoms in total. The third kappa shape index (κ3) is 4.25. The second kappa shape index (κ2) is 9.78. The quantitative estimate of drug-likeness (QED) is 0.224. The van der Waals surface area contributed by atoms with E-state index in [1.54, 1.807) is 13.0 Å². The molecule has 0 spiro atoms. The first-order valence-electron chi connectivity index (χ1n) is 12.6. The number of aromatic nitrogens is 2. The number of nitrogens with zero attached hydrogens (tertiary/aromatic N) is 1. The van der Waals surface area contributed by atoms with Gasteiger partial charge < -0.3 is 23.6 Å². The van der Waals surface area contributed by atoms with Gasteiger partial charge in [0.25, 0.3) is 0 Å². The summed E-state index contributed by atoms with van der Waals surface area (Å²) in [6.45, 7) is 4.16. The minimum atomic E-state index is -0.910. The van der Waals surface area contributed by atoms with Crippen LogP contribution in [0.1, 0.15) is 30.7 Å². The maximum atomic E-state index is 14.9. The van der Waals surface area contributed by atoms with E-state index in [9.17, 15) is 18.0 Å². The third-order valence-electron chi connectivity index (χ3n) is 7.00. The predicted octanol–water partition coefficient (Wildman–Crippen LogP) is 6.84. The number of nitrogens with one attached hydrogen (secondary N) is 1. The molecule has 5 aromatic rings. The van der Waals surface area contributed by atoms with Crippen LogP contribution in [0.25, 0.3) is 22.4 Å². The van der Waals surface area contributed by atoms with Crippen LogP contribution in [0.2, 0.25) is 0 Å². The number of para-hydroxylation sites is 1. The molecule has 6 rings (SSSR count). The zero-order valence-corrected chi connectivity index (χ0v) is 21.5. The SMILES string of the molecule is CCOC(=O)Cc1cccc2c1OC[C@]2(C)c1coc(-c2cc(Oc3c(F)cc4[nH]ccc4c3F)ccc2F)n1. The van der Waals surface area contributed by atoms with Crippen LogP contribution in [-0.4, -0.2) is 29.2 Å². The maximum Gasteiger partial charge on any atom is 0.310 e. The Hall–Kier alpha value is -4.73. The fraction of sp³-hybridized carbons (Fsp3) is 0.200. The number of hydrogen-bond donors (Lipinski definition) is 1. The summed E-state index contributed by atoms with van der Waals surface area (Å²) >= 11 is 0. The number of hydrogen-bond acceptors (Lipinski definition) is 6. The number of rotatable bonds is 7. The number of carbonyl (C=O) groups excluding carboxylic acids is 1. The monoisotopic (exact) mass is 548 g/mol. The number of fused-ring (bicyclic) bond motifs is 2. The van der Waals surface area contributed by atoms with Crippen LogP contribution in [0, 0.1) is 17.5 Å². The van der Waals surface area contributed by atoms with Gasteiger partial charge in [0, 0.05) is 28.8 Å². The highest BCUT2D eigenvalue weighted by molar-refractivity contribution is 5.82. The van der Waals surface area contributed by atoms with E-state index in [0.29, 0.717) is 17.0 Å². The highest BCUT2D eigenvalue weighted by Crippen LogP contribution is 2.45. The van der Waals surface area contributed by atoms with Crippen molar-refractivity contribution in [3.05, 3.63) is 95.3 Å². The maximum absolute atomic E-state index is 14.9. The molecule has 0 saturated carbocycles. The number of oxazole rings is 1. The first kappa shape index (κ1) is 25.5. The van der Waals surface area contributed by atoms with Crippen molar-refractivity contribution in [2.24, 2.45) is 0 Å². The average Bonchev–Trinajstić information content (AvgIpc) is 3.68. The van der Waals surface area contributed by atoms with Gasteiger partial charge in [-0.3, -0.25) is 4.79 Å². The fourth-order valence-corrected chi connectivity index (χ4v) is 4.91. The molecule has 3 heterocycles. The van der Waals surface area contributed by atoms with Crippen molar-refractivity contribution in [3.8, 4) is 28.7 Å². The van der Waals surface area contributed by atoms with E-state index in [0.717, 1.165) is 17.7 Å². The van der Waals surface area contributed by atoms with Gasteiger partial charge >= 0.3 is 5.97 Å². The number of halogens is 3. The number of esters is 1. The summed E-state index contributed by atoms with van der Waals surface area (Å²) in [5.41, 5.74) is 1.47. The van der Waals surface area contributed by atoms with E-state index >= 15 is 0 Å². The minimum absolute atomic E-state index is 0.00630. The van der Waals surface area contributed by atoms with Crippen molar-refractivity contribution in [2.75, 3.05) is 13.2 Å². The largest absolute Gasteiger partial charge is 0.492 e. The zero-order chi connectivity index (χ0) is 28.0. The average molecular weight is 549 g/mol. The lowest BCUT2D eigenvalue weighted by Crippen LogP contribution is -2.25. The Balaban J connectivity index is 1.31. The standard InChI is InChI=1S/C30H23F3N2O5/c1-3-37-25(36)11-16-5-4-6-20-27(16)39-15-30(20,2)24-14-38-29(35-24)19-12-17(7-8-21(19)31)40-28-22(32)13-23-18(26(28)33)9-10-34-23/h4-10,12-14,34H,3,11,15H2,1-2H3/t30-/m0/s1. The number of carbonyl (C=O) groups is 1. The Labute approximate surface area is 226 Å². The molecular weight excluding hydrogens is 525 g/mol. The molecule has 2 aromatic heterocycles. The van der Waals surface area contributed by atoms with Crippen molar-refractivity contribution in [1.82, 2.24) is 9.97 Å². The van der Waals surface area contributed by atoms with Gasteiger partial charge in [-0.1, -0.05) is 18.2 Å². The lowest BCUT2D eigenvalue weighted by Gasteiger charge is -2.19. The second-order valence-corrected chi connectivity index (χ2v) is 9.62. The molecule has 204 valence electrons. The van der Waals surface area contributed by atoms with Crippen molar-refractivity contribution in [3.63, 3.8) is 0 Å². The number of H-pyrrole nitrogens is 1. The summed E-state index contributed by atoms with van der Waals surface area (Å²) < 4.78 is 66.6. The Kier molecular flexibility index (Phi) is 6.25. The number of benzene rings is 3. The van der Waals surface area contributed by atoms with Crippen LogP contribution in [0.15, 0.2) is 65.4 Å². The summed E-state index contributed by atoms with van der Waals surface area (Å²) in [5, 5.41) is 0.161. The molecule has 10 heteroatoms. The van der Waals surface area contributed by atoms with Gasteiger partial charge in [-0.2, -0.15) is 0 Å². The molecular formula is C30H23F3N2O5. The first-order valence-corrected chi connectivity index (χ1v) is 12.6. The van der Waals surface area contributed by atoms with E-state index < -0.39 is 28.6 Å². The fourth-order valence-electron chi connectivity index (χ4n) is 4.91. The highest BCUT2D eigenvalue weighted by Gasteiger charge is 2.42. The van der Waals surface area contributed by atoms with E-state index in [1.165, 1.54) is 30.7 Å². The molecule has 3 aromatic carbocycles. The van der Waals surface area contributed by atoms with Crippen molar-refractivity contribution in [1.29, 1.82) is 0 Å². The Morgan fingerprint density at radius 1 is 1.12 bits per heavy atom. The summed E-state index contributed by atoms with van der Waals surface area (Å²) in [7, 11) is 0. The van der Waals surface area contributed by atoms with Crippen molar-refractivity contribution >= 4 is 16.9 Å².